The predicted octanol–water partition coefficient (Wildman–Crippen LogP) is 2.65. The molecule has 2 unspecified atom stereocenters. The van der Waals surface area contributed by atoms with Gasteiger partial charge in [0.1, 0.15) is 6.10 Å². The molecule has 18 heavy (non-hydrogen) atoms. The van der Waals surface area contributed by atoms with Crippen LogP contribution in [0.1, 0.15) is 24.3 Å². The van der Waals surface area contributed by atoms with Gasteiger partial charge in [0.05, 0.1) is 5.69 Å². The first kappa shape index (κ1) is 11.8. The molecule has 2 heterocycles. The lowest BCUT2D eigenvalue weighted by Crippen LogP contribution is -2.18. The quantitative estimate of drug-likeness (QED) is 0.922. The molecule has 1 aromatic carbocycles. The van der Waals surface area contributed by atoms with Crippen LogP contribution in [0.3, 0.4) is 0 Å². The lowest BCUT2D eigenvalue weighted by Gasteiger charge is -2.18. The van der Waals surface area contributed by atoms with Crippen LogP contribution in [0.15, 0.2) is 41.4 Å². The maximum absolute atomic E-state index is 10.5. The van der Waals surface area contributed by atoms with E-state index < -0.39 is 6.10 Å². The summed E-state index contributed by atoms with van der Waals surface area (Å²) in [7, 11) is 0. The molecule has 2 atom stereocenters. The van der Waals surface area contributed by atoms with Crippen LogP contribution >= 0.6 is 11.8 Å². The number of aliphatic hydroxyl groups excluding tert-OH is 1. The highest BCUT2D eigenvalue weighted by atomic mass is 32.2. The van der Waals surface area contributed by atoms with E-state index in [1.165, 1.54) is 10.5 Å². The molecule has 0 amide bonds. The Kier molecular flexibility index (Phi) is 3.14. The molecule has 1 aromatic heterocycles. The minimum atomic E-state index is -0.454. The monoisotopic (exact) mass is 260 g/mol. The first-order valence-electron chi connectivity index (χ1n) is 6.24. The number of nitrogens with zero attached hydrogens (tertiary/aromatic N) is 2. The smallest absolute Gasteiger partial charge is 0.108 e. The molecule has 0 fully saturated rings. The normalized spacial score (nSPS) is 19.8. The molecule has 0 spiro atoms. The van der Waals surface area contributed by atoms with Gasteiger partial charge in [-0.1, -0.05) is 18.2 Å². The van der Waals surface area contributed by atoms with Crippen molar-refractivity contribution in [2.45, 2.75) is 36.1 Å². The largest absolute Gasteiger partial charge is 0.386 e. The highest BCUT2D eigenvalue weighted by Gasteiger charge is 2.30. The second-order valence-corrected chi connectivity index (χ2v) is 5.77. The van der Waals surface area contributed by atoms with E-state index in [4.69, 9.17) is 0 Å². The summed E-state index contributed by atoms with van der Waals surface area (Å²) in [5.74, 6) is 0. The van der Waals surface area contributed by atoms with E-state index in [0.29, 0.717) is 0 Å². The Morgan fingerprint density at radius 3 is 3.06 bits per heavy atom. The summed E-state index contributed by atoms with van der Waals surface area (Å²) in [5, 5.41) is 14.9. The van der Waals surface area contributed by atoms with Crippen molar-refractivity contribution in [3.8, 4) is 0 Å². The second-order valence-electron chi connectivity index (χ2n) is 4.48. The highest BCUT2D eigenvalue weighted by Crippen LogP contribution is 2.42. The van der Waals surface area contributed by atoms with Crippen LogP contribution in [0.25, 0.3) is 0 Å². The van der Waals surface area contributed by atoms with E-state index >= 15 is 0 Å². The Morgan fingerprint density at radius 1 is 1.44 bits per heavy atom. The molecule has 4 heteroatoms. The standard InChI is InChI=1S/C14H16N2OS/c1-2-16-11(7-8-15-16)14(17)13-9-10-5-3-4-6-12(10)18-13/h3-8,13-14,17H,2,9H2,1H3. The minimum absolute atomic E-state index is 0.199. The van der Waals surface area contributed by atoms with Gasteiger partial charge in [0.2, 0.25) is 0 Å². The SMILES string of the molecule is CCn1nccc1C(O)C1Cc2ccccc2S1. The maximum Gasteiger partial charge on any atom is 0.108 e. The van der Waals surface area contributed by atoms with Gasteiger partial charge in [0.25, 0.3) is 0 Å². The van der Waals surface area contributed by atoms with Crippen LogP contribution in [-0.4, -0.2) is 20.1 Å². The lowest BCUT2D eigenvalue weighted by molar-refractivity contribution is 0.164. The first-order chi connectivity index (χ1) is 8.79. The van der Waals surface area contributed by atoms with Crippen molar-refractivity contribution in [2.24, 2.45) is 0 Å². The molecular formula is C14H16N2OS. The number of aliphatic hydroxyl groups is 1. The third-order valence-electron chi connectivity index (χ3n) is 3.38. The molecule has 94 valence electrons. The minimum Gasteiger partial charge on any atom is -0.386 e. The van der Waals surface area contributed by atoms with Crippen molar-refractivity contribution in [2.75, 3.05) is 0 Å². The van der Waals surface area contributed by atoms with Crippen LogP contribution in [0, 0.1) is 0 Å². The Morgan fingerprint density at radius 2 is 2.28 bits per heavy atom. The zero-order chi connectivity index (χ0) is 12.5. The van der Waals surface area contributed by atoms with Crippen molar-refractivity contribution in [1.82, 2.24) is 9.78 Å². The van der Waals surface area contributed by atoms with E-state index in [2.05, 4.69) is 29.4 Å². The van der Waals surface area contributed by atoms with E-state index in [9.17, 15) is 5.11 Å². The molecular weight excluding hydrogens is 244 g/mol. The average molecular weight is 260 g/mol. The van der Waals surface area contributed by atoms with Gasteiger partial charge in [0.15, 0.2) is 0 Å². The molecule has 0 bridgehead atoms. The molecule has 0 saturated carbocycles. The topological polar surface area (TPSA) is 38.0 Å². The van der Waals surface area contributed by atoms with Crippen LogP contribution < -0.4 is 0 Å². The lowest BCUT2D eigenvalue weighted by atomic mass is 10.0. The van der Waals surface area contributed by atoms with E-state index in [0.717, 1.165) is 18.7 Å². The summed E-state index contributed by atoms with van der Waals surface area (Å²) in [5.41, 5.74) is 2.26. The summed E-state index contributed by atoms with van der Waals surface area (Å²) in [6.07, 6.45) is 2.23. The molecule has 0 saturated heterocycles. The van der Waals surface area contributed by atoms with Gasteiger partial charge in [0, 0.05) is 22.9 Å². The van der Waals surface area contributed by atoms with Crippen molar-refractivity contribution in [3.05, 3.63) is 47.8 Å². The second kappa shape index (κ2) is 4.78. The van der Waals surface area contributed by atoms with Crippen molar-refractivity contribution < 1.29 is 5.11 Å². The molecule has 1 N–H and O–H groups in total. The Hall–Kier alpha value is -1.26. The molecule has 2 aromatic rings. The number of hydrogen-bond donors (Lipinski definition) is 1. The van der Waals surface area contributed by atoms with Gasteiger partial charge in [-0.25, -0.2) is 0 Å². The number of benzene rings is 1. The van der Waals surface area contributed by atoms with Crippen molar-refractivity contribution in [1.29, 1.82) is 0 Å². The third-order valence-corrected chi connectivity index (χ3v) is 4.76. The van der Waals surface area contributed by atoms with E-state index in [1.807, 2.05) is 17.7 Å². The molecule has 0 radical (unpaired) electrons. The third kappa shape index (κ3) is 1.95. The summed E-state index contributed by atoms with van der Waals surface area (Å²) in [6, 6.07) is 10.3. The van der Waals surface area contributed by atoms with E-state index in [1.54, 1.807) is 18.0 Å². The summed E-state index contributed by atoms with van der Waals surface area (Å²) in [6.45, 7) is 2.84. The Labute approximate surface area is 111 Å². The summed E-state index contributed by atoms with van der Waals surface area (Å²) < 4.78 is 1.87. The Bertz CT molecular complexity index is 527. The van der Waals surface area contributed by atoms with Crippen LogP contribution in [-0.2, 0) is 13.0 Å². The molecule has 3 nitrogen and oxygen atoms in total. The van der Waals surface area contributed by atoms with Crippen molar-refractivity contribution in [3.63, 3.8) is 0 Å². The average Bonchev–Trinajstić information content (AvgIpc) is 3.03. The fourth-order valence-electron chi connectivity index (χ4n) is 2.43. The van der Waals surface area contributed by atoms with Gasteiger partial charge in [-0.05, 0) is 31.0 Å². The predicted molar refractivity (Wildman–Crippen MR) is 72.7 cm³/mol. The number of aryl methyl sites for hydroxylation is 1. The van der Waals surface area contributed by atoms with Gasteiger partial charge in [-0.2, -0.15) is 5.10 Å². The van der Waals surface area contributed by atoms with E-state index in [-0.39, 0.29) is 5.25 Å². The van der Waals surface area contributed by atoms with Crippen LogP contribution in [0.2, 0.25) is 0 Å². The number of thioether (sulfide) groups is 1. The number of aromatic nitrogens is 2. The van der Waals surface area contributed by atoms with Crippen LogP contribution in [0.4, 0.5) is 0 Å². The maximum atomic E-state index is 10.5. The number of rotatable bonds is 3. The molecule has 3 rings (SSSR count). The van der Waals surface area contributed by atoms with Crippen LogP contribution in [0.5, 0.6) is 0 Å². The summed E-state index contributed by atoms with van der Waals surface area (Å²) >= 11 is 1.77. The van der Waals surface area contributed by atoms with Gasteiger partial charge in [-0.3, -0.25) is 4.68 Å². The summed E-state index contributed by atoms with van der Waals surface area (Å²) in [4.78, 5) is 1.30. The zero-order valence-electron chi connectivity index (χ0n) is 10.3. The van der Waals surface area contributed by atoms with Gasteiger partial charge >= 0.3 is 0 Å². The first-order valence-corrected chi connectivity index (χ1v) is 7.12. The van der Waals surface area contributed by atoms with Gasteiger partial charge < -0.3 is 5.11 Å². The highest BCUT2D eigenvalue weighted by molar-refractivity contribution is 8.00. The Balaban J connectivity index is 1.82. The number of fused-ring (bicyclic) bond motifs is 1. The molecule has 1 aliphatic heterocycles. The number of hydrogen-bond acceptors (Lipinski definition) is 3. The fraction of sp³-hybridized carbons (Fsp3) is 0.357. The van der Waals surface area contributed by atoms with Gasteiger partial charge in [-0.15, -0.1) is 11.8 Å². The molecule has 1 aliphatic rings. The van der Waals surface area contributed by atoms with Crippen molar-refractivity contribution >= 4 is 11.8 Å². The fourth-order valence-corrected chi connectivity index (χ4v) is 3.75. The molecule has 0 aliphatic carbocycles. The zero-order valence-corrected chi connectivity index (χ0v) is 11.1.